The summed E-state index contributed by atoms with van der Waals surface area (Å²) in [7, 11) is 0. The number of hydrogen-bond donors (Lipinski definition) is 1. The van der Waals surface area contributed by atoms with E-state index in [9.17, 15) is 9.59 Å². The lowest BCUT2D eigenvalue weighted by Gasteiger charge is -2.32. The Kier molecular flexibility index (Phi) is 10.6. The van der Waals surface area contributed by atoms with Crippen LogP contribution in [0.25, 0.3) is 0 Å². The summed E-state index contributed by atoms with van der Waals surface area (Å²) in [4.78, 5) is 29.2. The summed E-state index contributed by atoms with van der Waals surface area (Å²) in [5.74, 6) is 0.569. The number of ether oxygens (including phenoxy) is 1. The average molecular weight is 598 g/mol. The molecule has 1 fully saturated rings. The van der Waals surface area contributed by atoms with Gasteiger partial charge in [0, 0.05) is 34.9 Å². The van der Waals surface area contributed by atoms with Gasteiger partial charge in [0.15, 0.2) is 0 Å². The molecule has 0 aliphatic heterocycles. The Bertz CT molecular complexity index is 1180. The first-order valence-corrected chi connectivity index (χ1v) is 14.4. The molecule has 5 nitrogen and oxygen atoms in total. The van der Waals surface area contributed by atoms with Crippen LogP contribution < -0.4 is 10.1 Å². The normalized spacial score (nSPS) is 14.2. The molecule has 38 heavy (non-hydrogen) atoms. The van der Waals surface area contributed by atoms with E-state index in [0.717, 1.165) is 41.3 Å². The van der Waals surface area contributed by atoms with Gasteiger partial charge >= 0.3 is 0 Å². The summed E-state index contributed by atoms with van der Waals surface area (Å²) in [5, 5.41) is 3.90. The number of rotatable bonds is 12. The van der Waals surface area contributed by atoms with Crippen LogP contribution in [0.15, 0.2) is 83.3 Å². The number of nitrogens with one attached hydrogen (secondary N) is 1. The van der Waals surface area contributed by atoms with Gasteiger partial charge in [0.05, 0.1) is 6.61 Å². The molecule has 200 valence electrons. The number of hydrogen-bond acceptors (Lipinski definition) is 3. The quantitative estimate of drug-likeness (QED) is 0.230. The van der Waals surface area contributed by atoms with E-state index in [4.69, 9.17) is 16.3 Å². The van der Waals surface area contributed by atoms with Gasteiger partial charge in [-0.2, -0.15) is 0 Å². The Hall–Kier alpha value is -2.83. The zero-order valence-corrected chi connectivity index (χ0v) is 23.8. The first-order valence-electron chi connectivity index (χ1n) is 13.2. The van der Waals surface area contributed by atoms with Gasteiger partial charge < -0.3 is 15.0 Å². The van der Waals surface area contributed by atoms with Gasteiger partial charge in [-0.1, -0.05) is 82.8 Å². The molecule has 1 aliphatic rings. The molecule has 0 saturated heterocycles. The zero-order valence-electron chi connectivity index (χ0n) is 21.5. The minimum absolute atomic E-state index is 0.0628. The van der Waals surface area contributed by atoms with E-state index in [1.54, 1.807) is 17.0 Å². The maximum atomic E-state index is 13.7. The van der Waals surface area contributed by atoms with Crippen LogP contribution in [0.5, 0.6) is 5.75 Å². The maximum absolute atomic E-state index is 13.7. The van der Waals surface area contributed by atoms with Crippen molar-refractivity contribution in [3.05, 3.63) is 99.5 Å². The van der Waals surface area contributed by atoms with Gasteiger partial charge in [-0.25, -0.2) is 0 Å². The van der Waals surface area contributed by atoms with E-state index >= 15 is 0 Å². The minimum atomic E-state index is -0.610. The highest BCUT2D eigenvalue weighted by Gasteiger charge is 2.32. The second-order valence-corrected chi connectivity index (χ2v) is 11.1. The first kappa shape index (κ1) is 28.2. The summed E-state index contributed by atoms with van der Waals surface area (Å²) in [6.45, 7) is 0.752. The smallest absolute Gasteiger partial charge is 0.243 e. The van der Waals surface area contributed by atoms with Gasteiger partial charge in [0.1, 0.15) is 11.8 Å². The Morgan fingerprint density at radius 3 is 2.39 bits per heavy atom. The molecular formula is C31H34BrClN2O3. The van der Waals surface area contributed by atoms with E-state index < -0.39 is 6.04 Å². The van der Waals surface area contributed by atoms with Crippen LogP contribution in [0.4, 0.5) is 0 Å². The van der Waals surface area contributed by atoms with Crippen molar-refractivity contribution < 1.29 is 14.3 Å². The third-order valence-electron chi connectivity index (χ3n) is 6.83. The fraction of sp³-hybridized carbons (Fsp3) is 0.355. The molecule has 1 atom stereocenters. The lowest BCUT2D eigenvalue weighted by molar-refractivity contribution is -0.141. The van der Waals surface area contributed by atoms with Crippen molar-refractivity contribution in [3.63, 3.8) is 0 Å². The third-order valence-corrected chi connectivity index (χ3v) is 7.58. The van der Waals surface area contributed by atoms with Gasteiger partial charge in [-0.15, -0.1) is 0 Å². The molecule has 0 bridgehead atoms. The molecule has 1 unspecified atom stereocenters. The van der Waals surface area contributed by atoms with Crippen LogP contribution in [0.1, 0.15) is 49.7 Å². The molecule has 0 heterocycles. The fourth-order valence-electron chi connectivity index (χ4n) is 4.84. The first-order chi connectivity index (χ1) is 18.5. The minimum Gasteiger partial charge on any atom is -0.494 e. The Balaban J connectivity index is 1.51. The fourth-order valence-corrected chi connectivity index (χ4v) is 5.41. The van der Waals surface area contributed by atoms with Crippen LogP contribution in [-0.2, 0) is 22.6 Å². The number of benzene rings is 3. The molecule has 2 amide bonds. The molecule has 3 aromatic carbocycles. The molecule has 0 aromatic heterocycles. The molecule has 4 rings (SSSR count). The number of amides is 2. The van der Waals surface area contributed by atoms with Crippen molar-refractivity contribution in [1.82, 2.24) is 10.2 Å². The second kappa shape index (κ2) is 14.4. The van der Waals surface area contributed by atoms with E-state index in [-0.39, 0.29) is 24.3 Å². The standard InChI is InChI=1S/C31H34BrClN2O3/c32-25-11-6-10-24(20-25)22-35(30(36)14-7-19-38-28-17-15-26(33)16-18-28)29(21-23-8-2-1-3-9-23)31(37)34-27-12-4-5-13-27/h1-3,6,8-11,15-18,20,27,29H,4-5,7,12-14,19,21-22H2,(H,34,37). The molecule has 0 radical (unpaired) electrons. The Morgan fingerprint density at radius 2 is 1.68 bits per heavy atom. The van der Waals surface area contributed by atoms with Crippen molar-refractivity contribution in [2.75, 3.05) is 6.61 Å². The Labute approximate surface area is 238 Å². The molecule has 1 saturated carbocycles. The lowest BCUT2D eigenvalue weighted by atomic mass is 10.0. The maximum Gasteiger partial charge on any atom is 0.243 e. The number of halogens is 2. The van der Waals surface area contributed by atoms with Crippen molar-refractivity contribution >= 4 is 39.3 Å². The van der Waals surface area contributed by atoms with Crippen molar-refractivity contribution in [1.29, 1.82) is 0 Å². The van der Waals surface area contributed by atoms with Gasteiger partial charge in [0.25, 0.3) is 0 Å². The second-order valence-electron chi connectivity index (χ2n) is 9.75. The van der Waals surface area contributed by atoms with E-state index in [1.165, 1.54) is 0 Å². The van der Waals surface area contributed by atoms with Crippen LogP contribution in [0, 0.1) is 0 Å². The van der Waals surface area contributed by atoms with Crippen LogP contribution in [0.3, 0.4) is 0 Å². The summed E-state index contributed by atoms with van der Waals surface area (Å²) < 4.78 is 6.74. The van der Waals surface area contributed by atoms with Crippen molar-refractivity contribution in [2.24, 2.45) is 0 Å². The highest BCUT2D eigenvalue weighted by atomic mass is 79.9. The zero-order chi connectivity index (χ0) is 26.7. The molecule has 3 aromatic rings. The average Bonchev–Trinajstić information content (AvgIpc) is 3.43. The van der Waals surface area contributed by atoms with E-state index in [2.05, 4.69) is 21.2 Å². The Morgan fingerprint density at radius 1 is 0.974 bits per heavy atom. The van der Waals surface area contributed by atoms with E-state index in [0.29, 0.717) is 36.8 Å². The highest BCUT2D eigenvalue weighted by Crippen LogP contribution is 2.22. The molecule has 1 N–H and O–H groups in total. The lowest BCUT2D eigenvalue weighted by Crippen LogP contribution is -2.52. The summed E-state index contributed by atoms with van der Waals surface area (Å²) in [5.41, 5.74) is 1.99. The monoisotopic (exact) mass is 596 g/mol. The van der Waals surface area contributed by atoms with Gasteiger partial charge in [0.2, 0.25) is 11.8 Å². The number of carbonyl (C=O) groups excluding carboxylic acids is 2. The summed E-state index contributed by atoms with van der Waals surface area (Å²) in [6, 6.07) is 24.6. The molecular weight excluding hydrogens is 564 g/mol. The van der Waals surface area contributed by atoms with Crippen molar-refractivity contribution in [2.45, 2.75) is 63.6 Å². The highest BCUT2D eigenvalue weighted by molar-refractivity contribution is 9.10. The molecule has 7 heteroatoms. The van der Waals surface area contributed by atoms with Crippen molar-refractivity contribution in [3.8, 4) is 5.75 Å². The predicted molar refractivity (Wildman–Crippen MR) is 155 cm³/mol. The predicted octanol–water partition coefficient (Wildman–Crippen LogP) is 6.96. The van der Waals surface area contributed by atoms with Gasteiger partial charge in [-0.05, 0) is 66.8 Å². The number of nitrogens with zero attached hydrogens (tertiary/aromatic N) is 1. The number of carbonyl (C=O) groups is 2. The third kappa shape index (κ3) is 8.60. The van der Waals surface area contributed by atoms with Crippen LogP contribution in [-0.4, -0.2) is 35.4 Å². The van der Waals surface area contributed by atoms with E-state index in [1.807, 2.05) is 66.7 Å². The molecule has 0 spiro atoms. The largest absolute Gasteiger partial charge is 0.494 e. The summed E-state index contributed by atoms with van der Waals surface area (Å²) in [6.07, 6.45) is 5.52. The molecule has 1 aliphatic carbocycles. The topological polar surface area (TPSA) is 58.6 Å². The van der Waals surface area contributed by atoms with Crippen LogP contribution >= 0.6 is 27.5 Å². The summed E-state index contributed by atoms with van der Waals surface area (Å²) >= 11 is 9.49. The van der Waals surface area contributed by atoms with Gasteiger partial charge in [-0.3, -0.25) is 9.59 Å². The van der Waals surface area contributed by atoms with Crippen LogP contribution in [0.2, 0.25) is 5.02 Å². The SMILES string of the molecule is O=C(NC1CCCC1)C(Cc1ccccc1)N(Cc1cccc(Br)c1)C(=O)CCCOc1ccc(Cl)cc1.